The van der Waals surface area contributed by atoms with Crippen LogP contribution < -0.4 is 0 Å². The molecule has 1 atom stereocenters. The maximum atomic E-state index is 12.8. The Morgan fingerprint density at radius 2 is 0.636 bits per heavy atom. The Morgan fingerprint density at radius 3 is 1.09 bits per heavy atom. The van der Waals surface area contributed by atoms with Gasteiger partial charge < -0.3 is 14.2 Å². The van der Waals surface area contributed by atoms with E-state index in [1.165, 1.54) is 148 Å². The fraction of sp³-hybridized carbons (Fsp3) is 0.750. The van der Waals surface area contributed by atoms with E-state index in [0.29, 0.717) is 19.3 Å². The van der Waals surface area contributed by atoms with Gasteiger partial charge in [0.15, 0.2) is 6.10 Å². The molecule has 6 nitrogen and oxygen atoms in total. The van der Waals surface area contributed by atoms with Crippen molar-refractivity contribution in [2.24, 2.45) is 0 Å². The van der Waals surface area contributed by atoms with Crippen molar-refractivity contribution in [3.63, 3.8) is 0 Å². The number of allylic oxidation sites excluding steroid dienone is 12. The van der Waals surface area contributed by atoms with Crippen molar-refractivity contribution in [3.05, 3.63) is 72.9 Å². The molecule has 66 heavy (non-hydrogen) atoms. The van der Waals surface area contributed by atoms with Crippen molar-refractivity contribution in [2.75, 3.05) is 13.2 Å². The number of rotatable bonds is 50. The zero-order chi connectivity index (χ0) is 47.9. The lowest BCUT2D eigenvalue weighted by Gasteiger charge is -2.18. The van der Waals surface area contributed by atoms with Crippen molar-refractivity contribution in [1.82, 2.24) is 0 Å². The van der Waals surface area contributed by atoms with Crippen molar-refractivity contribution in [1.29, 1.82) is 0 Å². The summed E-state index contributed by atoms with van der Waals surface area (Å²) < 4.78 is 16.8. The van der Waals surface area contributed by atoms with Gasteiger partial charge >= 0.3 is 17.9 Å². The SMILES string of the molecule is CCCCC/C=C/C=C/C=C/C=C/CCCCCCCC(=O)OCC(COC(=O)CC/C=C/C/C=C/CCCCCCCC)OC(=O)CCCCCCCCCCCCCCCCCCC. The summed E-state index contributed by atoms with van der Waals surface area (Å²) in [6, 6.07) is 0. The molecule has 0 aromatic heterocycles. The molecule has 1 unspecified atom stereocenters. The number of hydrogen-bond donors (Lipinski definition) is 0. The molecule has 0 rings (SSSR count). The van der Waals surface area contributed by atoms with Crippen LogP contribution in [0.25, 0.3) is 0 Å². The van der Waals surface area contributed by atoms with Gasteiger partial charge in [-0.25, -0.2) is 0 Å². The Labute approximate surface area is 408 Å². The molecule has 6 heteroatoms. The van der Waals surface area contributed by atoms with Crippen LogP contribution in [-0.2, 0) is 28.6 Å². The summed E-state index contributed by atoms with van der Waals surface area (Å²) in [6.07, 6.45) is 69.0. The number of esters is 3. The summed E-state index contributed by atoms with van der Waals surface area (Å²) in [5, 5.41) is 0. The monoisotopic (exact) mass is 921 g/mol. The molecule has 0 aliphatic rings. The maximum Gasteiger partial charge on any atom is 0.306 e. The standard InChI is InChI=1S/C60H104O6/c1-4-7-10-13-16-19-22-25-27-29-31-32-35-38-41-44-47-50-53-59(62)65-56-57(55-64-58(61)52-49-46-43-40-37-34-24-21-18-15-12-9-6-3)66-60(63)54-51-48-45-42-39-36-33-30-28-26-23-20-17-14-11-8-5-2/h16,19,22,25,27,29,31-32,34,37,43,46,57H,4-15,17-18,20-21,23-24,26,28,30,33,35-36,38-42,44-45,47-56H2,1-3H3/b19-16+,25-22+,29-27+,32-31+,37-34+,46-43+. The van der Waals surface area contributed by atoms with Crippen LogP contribution in [0.2, 0.25) is 0 Å². The first kappa shape index (κ1) is 62.8. The highest BCUT2D eigenvalue weighted by molar-refractivity contribution is 5.71. The van der Waals surface area contributed by atoms with Gasteiger partial charge in [-0.1, -0.05) is 261 Å². The van der Waals surface area contributed by atoms with E-state index in [1.54, 1.807) is 0 Å². The van der Waals surface area contributed by atoms with Crippen LogP contribution in [0.1, 0.15) is 271 Å². The minimum atomic E-state index is -0.806. The highest BCUT2D eigenvalue weighted by atomic mass is 16.6. The van der Waals surface area contributed by atoms with Crippen LogP contribution in [0.5, 0.6) is 0 Å². The van der Waals surface area contributed by atoms with Crippen LogP contribution in [-0.4, -0.2) is 37.2 Å². The second kappa shape index (κ2) is 54.5. The molecule has 0 radical (unpaired) electrons. The molecule has 0 saturated heterocycles. The summed E-state index contributed by atoms with van der Waals surface area (Å²) in [4.78, 5) is 38.0. The number of carbonyl (C=O) groups is 3. The number of unbranched alkanes of at least 4 members (excludes halogenated alkanes) is 30. The van der Waals surface area contributed by atoms with Gasteiger partial charge in [0.1, 0.15) is 13.2 Å². The Hall–Kier alpha value is -3.15. The Bertz CT molecular complexity index is 1240. The van der Waals surface area contributed by atoms with Gasteiger partial charge in [-0.3, -0.25) is 14.4 Å². The molecular weight excluding hydrogens is 817 g/mol. The summed E-state index contributed by atoms with van der Waals surface area (Å²) in [6.45, 7) is 6.54. The Kier molecular flexibility index (Phi) is 51.9. The fourth-order valence-electron chi connectivity index (χ4n) is 7.80. The normalized spacial score (nSPS) is 12.6. The maximum absolute atomic E-state index is 12.8. The van der Waals surface area contributed by atoms with E-state index in [-0.39, 0.29) is 37.5 Å². The average molecular weight is 921 g/mol. The topological polar surface area (TPSA) is 78.9 Å². The lowest BCUT2D eigenvalue weighted by molar-refractivity contribution is -0.166. The molecule has 0 N–H and O–H groups in total. The van der Waals surface area contributed by atoms with E-state index in [0.717, 1.165) is 77.0 Å². The van der Waals surface area contributed by atoms with E-state index in [1.807, 2.05) is 6.08 Å². The molecule has 0 aromatic rings. The first-order valence-corrected chi connectivity index (χ1v) is 28.0. The van der Waals surface area contributed by atoms with Crippen LogP contribution in [0.4, 0.5) is 0 Å². The largest absolute Gasteiger partial charge is 0.462 e. The molecule has 0 heterocycles. The van der Waals surface area contributed by atoms with Gasteiger partial charge in [-0.05, 0) is 64.2 Å². The van der Waals surface area contributed by atoms with Gasteiger partial charge in [0.2, 0.25) is 0 Å². The molecule has 0 spiro atoms. The first-order valence-electron chi connectivity index (χ1n) is 28.0. The number of ether oxygens (including phenoxy) is 3. The van der Waals surface area contributed by atoms with Crippen LogP contribution in [0.3, 0.4) is 0 Å². The lowest BCUT2D eigenvalue weighted by atomic mass is 10.0. The lowest BCUT2D eigenvalue weighted by Crippen LogP contribution is -2.30. The van der Waals surface area contributed by atoms with Crippen LogP contribution in [0, 0.1) is 0 Å². The quantitative estimate of drug-likeness (QED) is 0.0199. The second-order valence-electron chi connectivity index (χ2n) is 18.6. The summed E-state index contributed by atoms with van der Waals surface area (Å²) in [5.41, 5.74) is 0. The van der Waals surface area contributed by atoms with Crippen LogP contribution in [0.15, 0.2) is 72.9 Å². The van der Waals surface area contributed by atoms with Gasteiger partial charge in [0.25, 0.3) is 0 Å². The zero-order valence-corrected chi connectivity index (χ0v) is 43.4. The highest BCUT2D eigenvalue weighted by Crippen LogP contribution is 2.16. The molecular formula is C60H104O6. The van der Waals surface area contributed by atoms with E-state index in [4.69, 9.17) is 14.2 Å². The second-order valence-corrected chi connectivity index (χ2v) is 18.6. The molecule has 380 valence electrons. The smallest absolute Gasteiger partial charge is 0.306 e. The van der Waals surface area contributed by atoms with E-state index in [2.05, 4.69) is 87.6 Å². The van der Waals surface area contributed by atoms with Gasteiger partial charge in [-0.15, -0.1) is 0 Å². The van der Waals surface area contributed by atoms with Crippen LogP contribution >= 0.6 is 0 Å². The third kappa shape index (κ3) is 51.8. The number of hydrogen-bond acceptors (Lipinski definition) is 6. The molecule has 0 aromatic carbocycles. The third-order valence-corrected chi connectivity index (χ3v) is 12.0. The average Bonchev–Trinajstić information content (AvgIpc) is 3.31. The van der Waals surface area contributed by atoms with Crippen molar-refractivity contribution in [3.8, 4) is 0 Å². The number of carbonyl (C=O) groups excluding carboxylic acids is 3. The molecule has 0 bridgehead atoms. The minimum absolute atomic E-state index is 0.103. The van der Waals surface area contributed by atoms with Crippen molar-refractivity contribution < 1.29 is 28.6 Å². The molecule has 0 aliphatic carbocycles. The molecule has 0 amide bonds. The van der Waals surface area contributed by atoms with E-state index in [9.17, 15) is 14.4 Å². The fourth-order valence-corrected chi connectivity index (χ4v) is 7.80. The van der Waals surface area contributed by atoms with Gasteiger partial charge in [0, 0.05) is 19.3 Å². The predicted molar refractivity (Wildman–Crippen MR) is 284 cm³/mol. The predicted octanol–water partition coefficient (Wildman–Crippen LogP) is 18.6. The highest BCUT2D eigenvalue weighted by Gasteiger charge is 2.19. The van der Waals surface area contributed by atoms with Crippen molar-refractivity contribution >= 4 is 17.9 Å². The summed E-state index contributed by atoms with van der Waals surface area (Å²) >= 11 is 0. The summed E-state index contributed by atoms with van der Waals surface area (Å²) in [7, 11) is 0. The van der Waals surface area contributed by atoms with Gasteiger partial charge in [-0.2, -0.15) is 0 Å². The van der Waals surface area contributed by atoms with E-state index >= 15 is 0 Å². The summed E-state index contributed by atoms with van der Waals surface area (Å²) in [5.74, 6) is -0.985. The molecule has 0 aliphatic heterocycles. The Morgan fingerprint density at radius 1 is 0.318 bits per heavy atom. The Balaban J connectivity index is 4.46. The molecule has 0 saturated carbocycles. The van der Waals surface area contributed by atoms with Gasteiger partial charge in [0.05, 0.1) is 0 Å². The zero-order valence-electron chi connectivity index (χ0n) is 43.4. The van der Waals surface area contributed by atoms with E-state index < -0.39 is 6.10 Å². The third-order valence-electron chi connectivity index (χ3n) is 12.0. The first-order chi connectivity index (χ1) is 32.5. The molecule has 0 fully saturated rings. The minimum Gasteiger partial charge on any atom is -0.462 e. The van der Waals surface area contributed by atoms with Crippen molar-refractivity contribution in [2.45, 2.75) is 277 Å².